The summed E-state index contributed by atoms with van der Waals surface area (Å²) in [5, 5.41) is -1.01. The molecular weight excluding hydrogens is 501 g/mol. The van der Waals surface area contributed by atoms with Gasteiger partial charge in [-0.25, -0.2) is 0 Å². The van der Waals surface area contributed by atoms with E-state index in [1.54, 1.807) is 6.66 Å². The number of nitrogens with two attached hydrogens (primary N) is 1. The molecule has 0 aromatic heterocycles. The molecule has 0 radical (unpaired) electrons. The molecular formula is C30H36NO4PS. The summed E-state index contributed by atoms with van der Waals surface area (Å²) < 4.78 is 25.0. The van der Waals surface area contributed by atoms with Crippen molar-refractivity contribution >= 4 is 23.6 Å². The van der Waals surface area contributed by atoms with Gasteiger partial charge in [0.25, 0.3) is 0 Å². The Labute approximate surface area is 224 Å². The van der Waals surface area contributed by atoms with Gasteiger partial charge in [-0.05, 0) is 98.3 Å². The molecule has 1 aliphatic rings. The first-order chi connectivity index (χ1) is 17.7. The summed E-state index contributed by atoms with van der Waals surface area (Å²) in [6, 6.07) is 22.9. The third-order valence-electron chi connectivity index (χ3n) is 7.31. The molecule has 1 amide bonds. The number of hydrogen-bond donors (Lipinski definition) is 1. The van der Waals surface area contributed by atoms with E-state index < -0.39 is 17.4 Å². The molecule has 0 spiro atoms. The number of carbonyl (C=O) groups is 1. The Morgan fingerprint density at radius 3 is 2.38 bits per heavy atom. The quantitative estimate of drug-likeness (QED) is 0.222. The van der Waals surface area contributed by atoms with E-state index in [1.807, 2.05) is 24.3 Å². The first-order valence-electron chi connectivity index (χ1n) is 12.7. The number of rotatable bonds is 10. The van der Waals surface area contributed by atoms with Crippen LogP contribution in [0.2, 0.25) is 0 Å². The number of amides is 1. The summed E-state index contributed by atoms with van der Waals surface area (Å²) in [6.07, 6.45) is -0.323. The lowest BCUT2D eigenvalue weighted by Crippen LogP contribution is -2.47. The maximum Gasteiger partial charge on any atom is 0.232 e. The first kappa shape index (κ1) is 27.5. The molecule has 1 fully saturated rings. The third kappa shape index (κ3) is 6.49. The molecule has 3 aromatic rings. The van der Waals surface area contributed by atoms with Crippen molar-refractivity contribution in [2.75, 3.05) is 26.5 Å². The molecule has 2 N–H and O–H groups in total. The third-order valence-corrected chi connectivity index (χ3v) is 13.1. The van der Waals surface area contributed by atoms with Crippen molar-refractivity contribution in [3.63, 3.8) is 0 Å². The Morgan fingerprint density at radius 1 is 1.00 bits per heavy atom. The highest BCUT2D eigenvalue weighted by atomic mass is 32.7. The van der Waals surface area contributed by atoms with Gasteiger partial charge < -0.3 is 19.8 Å². The van der Waals surface area contributed by atoms with Crippen LogP contribution in [0, 0.1) is 13.8 Å². The zero-order valence-corrected chi connectivity index (χ0v) is 23.6. The molecule has 37 heavy (non-hydrogen) atoms. The van der Waals surface area contributed by atoms with Crippen molar-refractivity contribution in [1.29, 1.82) is 0 Å². The lowest BCUT2D eigenvalue weighted by atomic mass is 9.98. The van der Waals surface area contributed by atoms with Crippen LogP contribution in [0.4, 0.5) is 0 Å². The van der Waals surface area contributed by atoms with Gasteiger partial charge in [0, 0.05) is 18.1 Å². The van der Waals surface area contributed by atoms with Crippen molar-refractivity contribution < 1.29 is 18.8 Å². The molecule has 3 aromatic carbocycles. The van der Waals surface area contributed by atoms with E-state index in [1.165, 1.54) is 39.2 Å². The average Bonchev–Trinajstić information content (AvgIpc) is 2.89. The molecule has 1 unspecified atom stereocenters. The normalized spacial score (nSPS) is 16.6. The molecule has 5 nitrogen and oxygen atoms in total. The van der Waals surface area contributed by atoms with Crippen LogP contribution in [0.15, 0.2) is 71.6 Å². The fourth-order valence-electron chi connectivity index (χ4n) is 4.74. The van der Waals surface area contributed by atoms with Crippen LogP contribution in [-0.4, -0.2) is 37.5 Å². The van der Waals surface area contributed by atoms with Crippen LogP contribution in [0.5, 0.6) is 5.75 Å². The second-order valence-corrected chi connectivity index (χ2v) is 15.7. The second-order valence-electron chi connectivity index (χ2n) is 9.87. The van der Waals surface area contributed by atoms with Crippen molar-refractivity contribution in [2.24, 2.45) is 5.73 Å². The number of primary amides is 1. The summed E-state index contributed by atoms with van der Waals surface area (Å²) in [6.45, 7) is 7.38. The number of benzene rings is 3. The molecule has 4 rings (SSSR count). The molecule has 0 aliphatic carbocycles. The second kappa shape index (κ2) is 11.9. The van der Waals surface area contributed by atoms with E-state index in [4.69, 9.17) is 15.2 Å². The SMILES string of the molecule is Cc1ccc(-c2cccc(CCCOc3ccc(SP(C)(=O)C4(C(N)=O)CCOCC4)cc3)c2)cc1C. The van der Waals surface area contributed by atoms with Gasteiger partial charge in [0.05, 0.1) is 6.61 Å². The maximum atomic E-state index is 13.7. The van der Waals surface area contributed by atoms with Crippen LogP contribution in [0.25, 0.3) is 11.1 Å². The topological polar surface area (TPSA) is 78.6 Å². The predicted molar refractivity (Wildman–Crippen MR) is 153 cm³/mol. The Kier molecular flexibility index (Phi) is 8.84. The Bertz CT molecular complexity index is 1280. The highest BCUT2D eigenvalue weighted by Gasteiger charge is 2.51. The summed E-state index contributed by atoms with van der Waals surface area (Å²) >= 11 is 1.26. The van der Waals surface area contributed by atoms with Crippen LogP contribution < -0.4 is 10.5 Å². The zero-order chi connectivity index (χ0) is 26.5. The summed E-state index contributed by atoms with van der Waals surface area (Å²) in [7, 11) is 0. The van der Waals surface area contributed by atoms with Gasteiger partial charge in [-0.2, -0.15) is 0 Å². The highest BCUT2D eigenvalue weighted by molar-refractivity contribution is 8.58. The lowest BCUT2D eigenvalue weighted by molar-refractivity contribution is -0.122. The monoisotopic (exact) mass is 537 g/mol. The number of carbonyl (C=O) groups excluding carboxylic acids is 1. The average molecular weight is 538 g/mol. The minimum atomic E-state index is -2.96. The van der Waals surface area contributed by atoms with Gasteiger partial charge in [-0.3, -0.25) is 4.79 Å². The van der Waals surface area contributed by atoms with Gasteiger partial charge in [0.2, 0.25) is 5.91 Å². The van der Waals surface area contributed by atoms with Crippen LogP contribution >= 0.6 is 17.7 Å². The van der Waals surface area contributed by atoms with E-state index in [9.17, 15) is 9.36 Å². The minimum absolute atomic E-state index is 0.401. The first-order valence-corrected chi connectivity index (χ1v) is 16.3. The van der Waals surface area contributed by atoms with E-state index in [2.05, 4.69) is 56.3 Å². The van der Waals surface area contributed by atoms with E-state index in [0.29, 0.717) is 32.7 Å². The smallest absolute Gasteiger partial charge is 0.232 e. The lowest BCUT2D eigenvalue weighted by Gasteiger charge is -2.38. The van der Waals surface area contributed by atoms with Crippen molar-refractivity contribution in [3.8, 4) is 16.9 Å². The fraction of sp³-hybridized carbons (Fsp3) is 0.367. The van der Waals surface area contributed by atoms with Crippen molar-refractivity contribution in [1.82, 2.24) is 0 Å². The van der Waals surface area contributed by atoms with E-state index >= 15 is 0 Å². The predicted octanol–water partition coefficient (Wildman–Crippen LogP) is 7.02. The molecule has 1 aliphatic heterocycles. The highest BCUT2D eigenvalue weighted by Crippen LogP contribution is 2.70. The van der Waals surface area contributed by atoms with Crippen LogP contribution in [0.3, 0.4) is 0 Å². The van der Waals surface area contributed by atoms with E-state index in [0.717, 1.165) is 23.5 Å². The number of ether oxygens (including phenoxy) is 2. The Morgan fingerprint density at radius 2 is 1.70 bits per heavy atom. The fourth-order valence-corrected chi connectivity index (χ4v) is 9.88. The standard InChI is InChI=1S/C30H36NO4PS/c1-22-9-10-26(20-23(22)2)25-8-4-6-24(21-25)7-5-17-35-27-11-13-28(14-12-27)37-36(3,33)30(29(31)32)15-18-34-19-16-30/h4,6,8-14,20-21H,5,7,15-19H2,1-3H3,(H2,31,32). The van der Waals surface area contributed by atoms with E-state index in [-0.39, 0.29) is 0 Å². The van der Waals surface area contributed by atoms with Crippen LogP contribution in [-0.2, 0) is 20.5 Å². The Balaban J connectivity index is 1.30. The molecule has 196 valence electrons. The minimum Gasteiger partial charge on any atom is -0.494 e. The van der Waals surface area contributed by atoms with Gasteiger partial charge in [0.1, 0.15) is 10.9 Å². The molecule has 7 heteroatoms. The maximum absolute atomic E-state index is 13.7. The number of hydrogen-bond acceptors (Lipinski definition) is 5. The molecule has 0 bridgehead atoms. The van der Waals surface area contributed by atoms with Crippen LogP contribution in [0.1, 0.15) is 36.0 Å². The van der Waals surface area contributed by atoms with Crippen molar-refractivity contribution in [3.05, 3.63) is 83.4 Å². The van der Waals surface area contributed by atoms with Gasteiger partial charge in [0.15, 0.2) is 6.34 Å². The molecule has 1 atom stereocenters. The molecule has 0 saturated carbocycles. The zero-order valence-electron chi connectivity index (χ0n) is 21.9. The van der Waals surface area contributed by atoms with Gasteiger partial charge in [-0.1, -0.05) is 53.8 Å². The summed E-state index contributed by atoms with van der Waals surface area (Å²) in [4.78, 5) is 13.1. The summed E-state index contributed by atoms with van der Waals surface area (Å²) in [5.74, 6) is 0.281. The molecule has 1 heterocycles. The van der Waals surface area contributed by atoms with Gasteiger partial charge >= 0.3 is 0 Å². The molecule has 1 saturated heterocycles. The van der Waals surface area contributed by atoms with Crippen molar-refractivity contribution in [2.45, 2.75) is 49.6 Å². The van der Waals surface area contributed by atoms with Gasteiger partial charge in [-0.15, -0.1) is 0 Å². The number of aryl methyl sites for hydroxylation is 3. The summed E-state index contributed by atoms with van der Waals surface area (Å²) in [5.41, 5.74) is 12.1. The Hall–Kier alpha value is -2.53. The largest absolute Gasteiger partial charge is 0.494 e.